The summed E-state index contributed by atoms with van der Waals surface area (Å²) < 4.78 is 27.9. The van der Waals surface area contributed by atoms with Crippen LogP contribution in [0.3, 0.4) is 0 Å². The van der Waals surface area contributed by atoms with Gasteiger partial charge in [0.25, 0.3) is 5.56 Å². The number of aromatic amines is 1. The lowest BCUT2D eigenvalue weighted by molar-refractivity contribution is 0.607. The molecule has 6 aromatic rings. The van der Waals surface area contributed by atoms with Gasteiger partial charge in [0, 0.05) is 28.8 Å². The zero-order chi connectivity index (χ0) is 28.7. The van der Waals surface area contributed by atoms with Crippen LogP contribution in [0.5, 0.6) is 0 Å². The van der Waals surface area contributed by atoms with Gasteiger partial charge in [-0.2, -0.15) is 0 Å². The van der Waals surface area contributed by atoms with Crippen molar-refractivity contribution in [1.82, 2.24) is 19.5 Å². The van der Waals surface area contributed by atoms with Crippen LogP contribution in [0.2, 0.25) is 0 Å². The van der Waals surface area contributed by atoms with Crippen LogP contribution in [0, 0.1) is 6.92 Å². The van der Waals surface area contributed by atoms with Gasteiger partial charge in [-0.15, -0.1) is 0 Å². The lowest BCUT2D eigenvalue weighted by Crippen LogP contribution is -2.26. The van der Waals surface area contributed by atoms with Crippen LogP contribution < -0.4 is 15.6 Å². The molecule has 41 heavy (non-hydrogen) atoms. The van der Waals surface area contributed by atoms with Crippen LogP contribution >= 0.6 is 0 Å². The Bertz CT molecular complexity index is 2090. The topological polar surface area (TPSA) is 122 Å². The molecule has 6 rings (SSSR count). The van der Waals surface area contributed by atoms with E-state index in [0.29, 0.717) is 22.5 Å². The summed E-state index contributed by atoms with van der Waals surface area (Å²) in [4.78, 5) is 26.1. The van der Waals surface area contributed by atoms with E-state index < -0.39 is 10.0 Å². The van der Waals surface area contributed by atoms with Gasteiger partial charge in [-0.25, -0.2) is 18.4 Å². The summed E-state index contributed by atoms with van der Waals surface area (Å²) in [5.74, 6) is 0.580. The van der Waals surface area contributed by atoms with Crippen molar-refractivity contribution in [3.05, 3.63) is 113 Å². The van der Waals surface area contributed by atoms with Crippen LogP contribution in [0.25, 0.3) is 38.6 Å². The van der Waals surface area contributed by atoms with Gasteiger partial charge < -0.3 is 10.3 Å². The zero-order valence-corrected chi connectivity index (χ0v) is 23.5. The normalized spacial score (nSPS) is 12.5. The second kappa shape index (κ2) is 10.2. The highest BCUT2D eigenvalue weighted by atomic mass is 32.2. The van der Waals surface area contributed by atoms with E-state index in [2.05, 4.69) is 25.0 Å². The molecule has 0 aliphatic rings. The van der Waals surface area contributed by atoms with E-state index in [0.717, 1.165) is 45.1 Å². The highest BCUT2D eigenvalue weighted by Crippen LogP contribution is 2.35. The highest BCUT2D eigenvalue weighted by molar-refractivity contribution is 7.92. The Balaban J connectivity index is 1.47. The molecular weight excluding hydrogens is 536 g/mol. The van der Waals surface area contributed by atoms with Crippen molar-refractivity contribution in [2.24, 2.45) is 0 Å². The minimum Gasteiger partial charge on any atom is -0.361 e. The number of fused-ring (bicyclic) bond motifs is 2. The fraction of sp³-hybridized carbons (Fsp3) is 0.129. The lowest BCUT2D eigenvalue weighted by atomic mass is 10.0. The minimum atomic E-state index is -3.43. The molecule has 206 valence electrons. The van der Waals surface area contributed by atoms with Crippen molar-refractivity contribution in [1.29, 1.82) is 0 Å². The first kappa shape index (κ1) is 26.3. The summed E-state index contributed by atoms with van der Waals surface area (Å²) in [6.45, 7) is 3.94. The maximum Gasteiger partial charge on any atom is 0.263 e. The molecule has 0 saturated heterocycles. The Kier molecular flexibility index (Phi) is 6.55. The second-order valence-electron chi connectivity index (χ2n) is 10.1. The van der Waals surface area contributed by atoms with Crippen molar-refractivity contribution in [3.8, 4) is 16.8 Å². The summed E-state index contributed by atoms with van der Waals surface area (Å²) in [5, 5.41) is 5.83. The molecule has 9 nitrogen and oxygen atoms in total. The number of sulfonamides is 1. The number of para-hydroxylation sites is 1. The summed E-state index contributed by atoms with van der Waals surface area (Å²) in [5.41, 5.74) is 5.07. The van der Waals surface area contributed by atoms with Crippen LogP contribution in [-0.4, -0.2) is 34.2 Å². The Morgan fingerprint density at radius 1 is 0.927 bits per heavy atom. The number of nitrogens with one attached hydrogen (secondary N) is 3. The molecule has 0 aliphatic carbocycles. The molecule has 3 heterocycles. The summed E-state index contributed by atoms with van der Waals surface area (Å²) >= 11 is 0. The van der Waals surface area contributed by atoms with Crippen molar-refractivity contribution in [3.63, 3.8) is 0 Å². The molecule has 1 atom stereocenters. The average Bonchev–Trinajstić information content (AvgIpc) is 3.38. The number of aromatic nitrogens is 4. The third kappa shape index (κ3) is 5.05. The SMILES string of the molecule is Cc1cccc2cc(C(C)Nc3ncnc4[nH]cc(-c5cccc(NS(C)(=O)=O)c5)c34)n(-c3ccccc3)c(=O)c12. The van der Waals surface area contributed by atoms with Crippen molar-refractivity contribution < 1.29 is 8.42 Å². The van der Waals surface area contributed by atoms with Gasteiger partial charge in [0.15, 0.2) is 0 Å². The van der Waals surface area contributed by atoms with Gasteiger partial charge in [-0.05, 0) is 60.7 Å². The van der Waals surface area contributed by atoms with Gasteiger partial charge in [0.1, 0.15) is 17.8 Å². The van der Waals surface area contributed by atoms with Crippen molar-refractivity contribution in [2.45, 2.75) is 19.9 Å². The number of rotatable bonds is 7. The van der Waals surface area contributed by atoms with Gasteiger partial charge in [-0.3, -0.25) is 14.1 Å². The van der Waals surface area contributed by atoms with Crippen LogP contribution in [0.1, 0.15) is 24.2 Å². The number of H-pyrrole nitrogens is 1. The van der Waals surface area contributed by atoms with Gasteiger partial charge in [0.05, 0.1) is 23.1 Å². The van der Waals surface area contributed by atoms with Gasteiger partial charge in [0.2, 0.25) is 10.0 Å². The molecule has 3 aromatic heterocycles. The van der Waals surface area contributed by atoms with Crippen LogP contribution in [0.15, 0.2) is 96.2 Å². The van der Waals surface area contributed by atoms with Crippen molar-refractivity contribution in [2.75, 3.05) is 16.3 Å². The number of hydrogen-bond donors (Lipinski definition) is 3. The number of anilines is 2. The highest BCUT2D eigenvalue weighted by Gasteiger charge is 2.20. The number of hydrogen-bond acceptors (Lipinski definition) is 6. The maximum atomic E-state index is 13.9. The Labute approximate surface area is 237 Å². The molecule has 0 radical (unpaired) electrons. The first-order valence-electron chi connectivity index (χ1n) is 13.1. The van der Waals surface area contributed by atoms with E-state index in [1.165, 1.54) is 6.33 Å². The Morgan fingerprint density at radius 3 is 2.49 bits per heavy atom. The molecule has 3 N–H and O–H groups in total. The number of benzene rings is 3. The largest absolute Gasteiger partial charge is 0.361 e. The lowest BCUT2D eigenvalue weighted by Gasteiger charge is -2.22. The van der Waals surface area contributed by atoms with Crippen LogP contribution in [-0.2, 0) is 10.0 Å². The first-order chi connectivity index (χ1) is 19.7. The smallest absolute Gasteiger partial charge is 0.263 e. The zero-order valence-electron chi connectivity index (χ0n) is 22.7. The number of aryl methyl sites for hydroxylation is 1. The third-order valence-electron chi connectivity index (χ3n) is 7.04. The standard InChI is InChI=1S/C31H28N6O3S/c1-19-9-7-11-22-16-26(37(31(38)27(19)22)24-13-5-4-6-14-24)20(2)35-30-28-25(17-32-29(28)33-18-34-30)21-10-8-12-23(15-21)36-41(3,39)40/h4-18,20,36H,1-3H3,(H2,32,33,34,35). The van der Waals surface area contributed by atoms with E-state index >= 15 is 0 Å². The fourth-order valence-corrected chi connectivity index (χ4v) is 5.82. The molecular formula is C31H28N6O3S. The first-order valence-corrected chi connectivity index (χ1v) is 15.0. The fourth-order valence-electron chi connectivity index (χ4n) is 5.26. The Morgan fingerprint density at radius 2 is 1.71 bits per heavy atom. The molecule has 0 aliphatic heterocycles. The molecule has 0 spiro atoms. The van der Waals surface area contributed by atoms with E-state index in [1.807, 2.05) is 80.7 Å². The van der Waals surface area contributed by atoms with E-state index in [1.54, 1.807) is 22.8 Å². The second-order valence-corrected chi connectivity index (χ2v) is 11.8. The van der Waals surface area contributed by atoms with E-state index in [9.17, 15) is 13.2 Å². The monoisotopic (exact) mass is 564 g/mol. The molecule has 0 fully saturated rings. The molecule has 3 aromatic carbocycles. The summed E-state index contributed by atoms with van der Waals surface area (Å²) in [6.07, 6.45) is 4.42. The predicted octanol–water partition coefficient (Wildman–Crippen LogP) is 5.78. The predicted molar refractivity (Wildman–Crippen MR) is 164 cm³/mol. The maximum absolute atomic E-state index is 13.9. The molecule has 0 bridgehead atoms. The molecule has 0 saturated carbocycles. The molecule has 0 amide bonds. The Hall–Kier alpha value is -4.96. The summed E-state index contributed by atoms with van der Waals surface area (Å²) in [6, 6.07) is 24.3. The van der Waals surface area contributed by atoms with Crippen LogP contribution in [0.4, 0.5) is 11.5 Å². The quantitative estimate of drug-likeness (QED) is 0.226. The van der Waals surface area contributed by atoms with E-state index in [-0.39, 0.29) is 11.6 Å². The number of nitrogens with zero attached hydrogens (tertiary/aromatic N) is 3. The molecule has 10 heteroatoms. The third-order valence-corrected chi connectivity index (χ3v) is 7.65. The minimum absolute atomic E-state index is 0.0826. The van der Waals surface area contributed by atoms with E-state index in [4.69, 9.17) is 0 Å². The number of pyridine rings is 1. The summed E-state index contributed by atoms with van der Waals surface area (Å²) in [7, 11) is -3.43. The molecule has 1 unspecified atom stereocenters. The van der Waals surface area contributed by atoms with Crippen molar-refractivity contribution >= 4 is 43.3 Å². The average molecular weight is 565 g/mol. The van der Waals surface area contributed by atoms with Gasteiger partial charge >= 0.3 is 0 Å². The van der Waals surface area contributed by atoms with Gasteiger partial charge in [-0.1, -0.05) is 48.5 Å².